The number of H-pyrrole nitrogens is 1. The molecule has 12 heteroatoms. The predicted molar refractivity (Wildman–Crippen MR) is 116 cm³/mol. The van der Waals surface area contributed by atoms with Crippen LogP contribution in [0.25, 0.3) is 0 Å². The van der Waals surface area contributed by atoms with Crippen molar-refractivity contribution < 1.29 is 13.1 Å². The number of hydrogen-bond donors (Lipinski definition) is 1. The van der Waals surface area contributed by atoms with Gasteiger partial charge in [-0.05, 0) is 68.5 Å². The van der Waals surface area contributed by atoms with Crippen molar-refractivity contribution >= 4 is 49.4 Å². The molecule has 0 fully saturated rings. The Morgan fingerprint density at radius 3 is 1.27 bits per heavy atom. The number of aromatic nitrogens is 1. The molecule has 0 bridgehead atoms. The van der Waals surface area contributed by atoms with E-state index >= 15 is 0 Å². The molecule has 0 radical (unpaired) electrons. The maximum atomic E-state index is 4.76. The zero-order valence-electron chi connectivity index (χ0n) is 16.5. The second-order valence-corrected chi connectivity index (χ2v) is 12.4. The van der Waals surface area contributed by atoms with E-state index in [1.54, 1.807) is 0 Å². The van der Waals surface area contributed by atoms with Crippen LogP contribution in [0.2, 0.25) is 0 Å². The Kier molecular flexibility index (Phi) is 14.7. The normalized spacial score (nSPS) is 12.8. The molecule has 1 rings (SSSR count). The first-order chi connectivity index (χ1) is 12.1. The molecule has 0 amide bonds. The fourth-order valence-electron chi connectivity index (χ4n) is 1.94. The number of aromatic amines is 1. The summed E-state index contributed by atoms with van der Waals surface area (Å²) in [5, 5.41) is 0. The van der Waals surface area contributed by atoms with Crippen LogP contribution in [0.4, 0.5) is 0 Å². The van der Waals surface area contributed by atoms with Gasteiger partial charge >= 0.3 is 33.3 Å². The maximum absolute atomic E-state index is 4.76. The minimum atomic E-state index is -0.656. The molecule has 152 valence electrons. The average molecular weight is 484 g/mol. The molecule has 0 aliphatic rings. The van der Waals surface area contributed by atoms with E-state index in [2.05, 4.69) is 33.2 Å². The van der Waals surface area contributed by atoms with Crippen LogP contribution in [0, 0.1) is 0 Å². The molecule has 0 saturated carbocycles. The molecule has 0 aromatic carbocycles. The van der Waals surface area contributed by atoms with Crippen molar-refractivity contribution in [3.8, 4) is 0 Å². The molecule has 1 heterocycles. The topological polar surface area (TPSA) is 53.5 Å². The number of rotatable bonds is 8. The summed E-state index contributed by atoms with van der Waals surface area (Å²) in [5.74, 6) is 0. The summed E-state index contributed by atoms with van der Waals surface area (Å²) in [6.45, 7) is 0. The average Bonchev–Trinajstić information content (AvgIpc) is 2.94. The van der Waals surface area contributed by atoms with Gasteiger partial charge in [0.2, 0.25) is 0 Å². The zero-order chi connectivity index (χ0) is 20.3. The van der Waals surface area contributed by atoms with Crippen LogP contribution in [0.5, 0.6) is 0 Å². The van der Waals surface area contributed by atoms with E-state index in [0.29, 0.717) is 0 Å². The van der Waals surface area contributed by atoms with Crippen molar-refractivity contribution in [3.63, 3.8) is 0 Å². The van der Waals surface area contributed by atoms with E-state index < -0.39 is 16.7 Å². The molecule has 0 aliphatic carbocycles. The molecule has 1 aromatic heterocycles. The molecule has 0 spiro atoms. The van der Waals surface area contributed by atoms with Gasteiger partial charge < -0.3 is 4.98 Å². The molecule has 26 heavy (non-hydrogen) atoms. The Morgan fingerprint density at radius 2 is 1.04 bits per heavy atom. The van der Waals surface area contributed by atoms with Crippen molar-refractivity contribution in [2.45, 2.75) is 0 Å². The van der Waals surface area contributed by atoms with Gasteiger partial charge in [-0.2, -0.15) is 0 Å². The van der Waals surface area contributed by atoms with Crippen LogP contribution in [-0.2, 0) is 13.1 Å². The van der Waals surface area contributed by atoms with Crippen molar-refractivity contribution in [1.82, 2.24) is 23.7 Å². The third-order valence-electron chi connectivity index (χ3n) is 2.76. The SMILES string of the molecule is CN(C)P(/N=C/c1ccc(/C=N/P(N(C)C)N(C)C)[nH]1)N(C)C.[Cl][Fe][Cl]. The quantitative estimate of drug-likeness (QED) is 0.346. The van der Waals surface area contributed by atoms with E-state index in [4.69, 9.17) is 20.2 Å². The van der Waals surface area contributed by atoms with Crippen LogP contribution >= 0.6 is 36.9 Å². The Labute approximate surface area is 175 Å². The summed E-state index contributed by atoms with van der Waals surface area (Å²) in [6.07, 6.45) is 3.79. The summed E-state index contributed by atoms with van der Waals surface area (Å²) >= 11 is 0.194. The van der Waals surface area contributed by atoms with E-state index in [-0.39, 0.29) is 13.1 Å². The van der Waals surface area contributed by atoms with Gasteiger partial charge in [0, 0.05) is 0 Å². The van der Waals surface area contributed by atoms with Gasteiger partial charge in [0.15, 0.2) is 16.7 Å². The number of nitrogens with zero attached hydrogens (tertiary/aromatic N) is 6. The molecule has 1 N–H and O–H groups in total. The zero-order valence-corrected chi connectivity index (χ0v) is 20.9. The van der Waals surface area contributed by atoms with E-state index in [9.17, 15) is 0 Å². The van der Waals surface area contributed by atoms with Crippen LogP contribution in [-0.4, -0.2) is 92.5 Å². The van der Waals surface area contributed by atoms with Crippen LogP contribution in [0.1, 0.15) is 11.4 Å². The first-order valence-corrected chi connectivity index (χ1v) is 13.0. The van der Waals surface area contributed by atoms with Crippen LogP contribution in [0.3, 0.4) is 0 Å². The molecule has 7 nitrogen and oxygen atoms in total. The molecule has 0 saturated heterocycles. The monoisotopic (exact) mass is 483 g/mol. The third kappa shape index (κ3) is 10.7. The van der Waals surface area contributed by atoms with Crippen molar-refractivity contribution in [3.05, 3.63) is 23.5 Å². The number of hydrogen-bond acceptors (Lipinski definition) is 6. The Bertz CT molecular complexity index is 493. The summed E-state index contributed by atoms with van der Waals surface area (Å²) in [4.78, 5) is 3.33. The first-order valence-electron chi connectivity index (χ1n) is 7.55. The van der Waals surface area contributed by atoms with Gasteiger partial charge in [0.25, 0.3) is 0 Å². The van der Waals surface area contributed by atoms with Gasteiger partial charge in [0.1, 0.15) is 0 Å². The second kappa shape index (κ2) is 14.4. The van der Waals surface area contributed by atoms with Crippen molar-refractivity contribution in [2.75, 3.05) is 56.4 Å². The first kappa shape index (κ1) is 26.4. The summed E-state index contributed by atoms with van der Waals surface area (Å²) < 4.78 is 17.8. The number of halogens is 2. The molecule has 0 aliphatic heterocycles. The standard InChI is InChI=1S/C14H29N7P2.2ClH.Fe/c1-18(2)22(19(3)4)15-11-13-9-10-14(17-13)12-16-23(20(5)6)21(7)8;;;/h9-12,17H,1-8H3;2*1H;/q;;;+2/p-2/b15-11+,16-12+;;;. The molecule has 0 unspecified atom stereocenters. The molecule has 1 aromatic rings. The predicted octanol–water partition coefficient (Wildman–Crippen LogP) is 3.93. The Morgan fingerprint density at radius 1 is 0.769 bits per heavy atom. The van der Waals surface area contributed by atoms with E-state index in [1.807, 2.05) is 80.9 Å². The van der Waals surface area contributed by atoms with Gasteiger partial charge in [0.05, 0.1) is 23.8 Å². The summed E-state index contributed by atoms with van der Waals surface area (Å²) in [5.41, 5.74) is 1.98. The Hall–Kier alpha value is 0.419. The van der Waals surface area contributed by atoms with Crippen molar-refractivity contribution in [1.29, 1.82) is 0 Å². The van der Waals surface area contributed by atoms with Crippen LogP contribution < -0.4 is 0 Å². The second-order valence-electron chi connectivity index (χ2n) is 5.83. The van der Waals surface area contributed by atoms with Crippen LogP contribution in [0.15, 0.2) is 21.7 Å². The molecular formula is C14H29Cl2FeN7P2. The van der Waals surface area contributed by atoms with E-state index in [1.165, 1.54) is 0 Å². The van der Waals surface area contributed by atoms with Gasteiger partial charge in [-0.1, -0.05) is 0 Å². The molecular weight excluding hydrogens is 455 g/mol. The van der Waals surface area contributed by atoms with Gasteiger partial charge in [-0.25, -0.2) is 9.53 Å². The number of nitrogens with one attached hydrogen (secondary N) is 1. The van der Waals surface area contributed by atoms with Gasteiger partial charge in [-0.3, -0.25) is 18.7 Å². The Balaban J connectivity index is 0.00000194. The van der Waals surface area contributed by atoms with Crippen molar-refractivity contribution in [2.24, 2.45) is 9.53 Å². The third-order valence-corrected chi connectivity index (χ3v) is 6.27. The minimum absolute atomic E-state index is 0.194. The fraction of sp³-hybridized carbons (Fsp3) is 0.571. The van der Waals surface area contributed by atoms with E-state index in [0.717, 1.165) is 11.4 Å². The van der Waals surface area contributed by atoms with Gasteiger partial charge in [-0.15, -0.1) is 0 Å². The summed E-state index contributed by atoms with van der Waals surface area (Å²) in [6, 6.07) is 4.05. The molecule has 0 atom stereocenters. The summed E-state index contributed by atoms with van der Waals surface area (Å²) in [7, 11) is 24.6. The fourth-order valence-corrected chi connectivity index (χ4v) is 4.65.